The molecule has 0 aromatic carbocycles. The summed E-state index contributed by atoms with van der Waals surface area (Å²) >= 11 is 7.90. The molecule has 0 aromatic rings. The fourth-order valence-electron chi connectivity index (χ4n) is 6.52. The summed E-state index contributed by atoms with van der Waals surface area (Å²) in [6.07, 6.45) is -3.34. The Labute approximate surface area is 423 Å². The lowest BCUT2D eigenvalue weighted by Gasteiger charge is -2.29. The summed E-state index contributed by atoms with van der Waals surface area (Å²) in [7, 11) is 0. The third kappa shape index (κ3) is 26.3. The summed E-state index contributed by atoms with van der Waals surface area (Å²) in [6.45, 7) is 8.28. The van der Waals surface area contributed by atoms with E-state index in [0.717, 1.165) is 6.92 Å². The molecular weight excluding hydrogens is 975 g/mol. The number of nitrogens with two attached hydrogens (primary N) is 5. The fourth-order valence-corrected chi connectivity index (χ4v) is 6.93. The molecule has 0 fully saturated rings. The fraction of sp³-hybridized carbons (Fsp3) is 0.714. The number of unbranched alkanes of at least 4 members (excludes halogenated alkanes) is 1. The number of carbonyl (C=O) groups excluding carboxylic acids is 11. The van der Waals surface area contributed by atoms with Gasteiger partial charge in [0.1, 0.15) is 48.3 Å². The van der Waals surface area contributed by atoms with Crippen molar-refractivity contribution in [3.05, 3.63) is 0 Å². The molecule has 0 unspecified atom stereocenters. The normalized spacial score (nSPS) is 15.4. The number of amides is 11. The summed E-state index contributed by atoms with van der Waals surface area (Å²) in [4.78, 5) is 155. The zero-order valence-electron chi connectivity index (χ0n) is 40.7. The van der Waals surface area contributed by atoms with Crippen LogP contribution in [0.1, 0.15) is 98.8 Å². The standard InChI is InChI=1S/C42H75N13O14S2/c1-19(2)14-26(51-35(61)23(8-6-7-13-43)48-34(60)22(44)17-70)38(64)49-24(9-11-30(45)57)36(62)52-27(15-20(3)4)40(66)55-33(21(5)56)41(67)53-28(16-32(47)59)39(65)50-25(10-12-31(46)58)37(63)54-29(18-71)42(68)69/h19-29,33,56,70-71H,6-18,43-44H2,1-5H3,(H2,45,57)(H2,46,58)(H2,47,59)(H,48,60)(H,49,64)(H,50,65)(H,51,61)(H,52,62)(H,53,67)(H,54,63)(H,55,66)(H,68,69)/t21-,22+,23+,24+,25+,26+,27+,28+,29+,33+/m1/s1. The number of rotatable bonds is 36. The highest BCUT2D eigenvalue weighted by atomic mass is 32.1. The number of carboxylic acids is 1. The van der Waals surface area contributed by atoms with E-state index in [1.54, 1.807) is 27.7 Å². The molecule has 27 nitrogen and oxygen atoms in total. The predicted molar refractivity (Wildman–Crippen MR) is 263 cm³/mol. The van der Waals surface area contributed by atoms with Crippen molar-refractivity contribution in [1.82, 2.24) is 42.5 Å². The Kier molecular flexibility index (Phi) is 31.0. The van der Waals surface area contributed by atoms with Crippen molar-refractivity contribution < 1.29 is 67.7 Å². The first-order chi connectivity index (χ1) is 33.1. The Balaban J connectivity index is 6.67. The van der Waals surface area contributed by atoms with Crippen LogP contribution in [0.4, 0.5) is 0 Å². The summed E-state index contributed by atoms with van der Waals surface area (Å²) in [5.41, 5.74) is 27.3. The van der Waals surface area contributed by atoms with E-state index in [4.69, 9.17) is 28.7 Å². The molecule has 11 amide bonds. The van der Waals surface area contributed by atoms with Crippen LogP contribution in [-0.4, -0.2) is 160 Å². The maximum absolute atomic E-state index is 14.0. The Morgan fingerprint density at radius 3 is 1.20 bits per heavy atom. The molecule has 0 spiro atoms. The van der Waals surface area contributed by atoms with Crippen molar-refractivity contribution in [3.63, 3.8) is 0 Å². The van der Waals surface area contributed by atoms with Gasteiger partial charge in [0.2, 0.25) is 65.0 Å². The zero-order valence-corrected chi connectivity index (χ0v) is 42.5. The van der Waals surface area contributed by atoms with Crippen LogP contribution in [0.5, 0.6) is 0 Å². The quantitative estimate of drug-likeness (QED) is 0.0205. The molecule has 0 saturated carbocycles. The highest BCUT2D eigenvalue weighted by Gasteiger charge is 2.37. The van der Waals surface area contributed by atoms with E-state index in [1.165, 1.54) is 0 Å². The largest absolute Gasteiger partial charge is 0.480 e. The molecule has 0 heterocycles. The van der Waals surface area contributed by atoms with Crippen LogP contribution < -0.4 is 71.2 Å². The lowest BCUT2D eigenvalue weighted by atomic mass is 9.99. The first kappa shape index (κ1) is 65.2. The van der Waals surface area contributed by atoms with Crippen LogP contribution >= 0.6 is 25.3 Å². The molecule has 29 heteroatoms. The van der Waals surface area contributed by atoms with E-state index >= 15 is 0 Å². The molecular formula is C42H75N13O14S2. The van der Waals surface area contributed by atoms with Gasteiger partial charge in [-0.3, -0.25) is 52.7 Å². The number of carbonyl (C=O) groups is 12. The van der Waals surface area contributed by atoms with Gasteiger partial charge in [-0.2, -0.15) is 25.3 Å². The molecule has 0 aromatic heterocycles. The van der Waals surface area contributed by atoms with E-state index in [9.17, 15) is 67.7 Å². The maximum Gasteiger partial charge on any atom is 0.327 e. The maximum atomic E-state index is 14.0. The van der Waals surface area contributed by atoms with Gasteiger partial charge in [0, 0.05) is 24.3 Å². The number of aliphatic carboxylic acids is 1. The summed E-state index contributed by atoms with van der Waals surface area (Å²) in [5, 5.41) is 39.1. The monoisotopic (exact) mass is 1050 g/mol. The van der Waals surface area contributed by atoms with Crippen molar-refractivity contribution in [2.75, 3.05) is 18.1 Å². The van der Waals surface area contributed by atoms with Crippen LogP contribution in [0, 0.1) is 11.8 Å². The smallest absolute Gasteiger partial charge is 0.327 e. The predicted octanol–water partition coefficient (Wildman–Crippen LogP) is -5.86. The minimum atomic E-state index is -1.90. The van der Waals surface area contributed by atoms with Gasteiger partial charge < -0.3 is 81.4 Å². The van der Waals surface area contributed by atoms with Crippen LogP contribution in [0.2, 0.25) is 0 Å². The third-order valence-corrected chi connectivity index (χ3v) is 11.1. The molecule has 71 heavy (non-hydrogen) atoms. The number of primary amides is 3. The van der Waals surface area contributed by atoms with Gasteiger partial charge in [0.25, 0.3) is 0 Å². The average Bonchev–Trinajstić information content (AvgIpc) is 3.27. The minimum Gasteiger partial charge on any atom is -0.480 e. The third-order valence-electron chi connectivity index (χ3n) is 10.3. The first-order valence-corrected chi connectivity index (χ1v) is 24.2. The van der Waals surface area contributed by atoms with Crippen molar-refractivity contribution in [2.45, 2.75) is 159 Å². The molecule has 20 N–H and O–H groups in total. The minimum absolute atomic E-state index is 0.0175. The van der Waals surface area contributed by atoms with Gasteiger partial charge in [-0.05, 0) is 70.3 Å². The second-order valence-corrected chi connectivity index (χ2v) is 18.4. The van der Waals surface area contributed by atoms with Gasteiger partial charge in [-0.1, -0.05) is 27.7 Å². The Morgan fingerprint density at radius 1 is 0.465 bits per heavy atom. The number of aliphatic hydroxyl groups is 1. The Morgan fingerprint density at radius 2 is 0.831 bits per heavy atom. The van der Waals surface area contributed by atoms with Crippen LogP contribution in [0.25, 0.3) is 0 Å². The second-order valence-electron chi connectivity index (χ2n) is 17.7. The summed E-state index contributed by atoms with van der Waals surface area (Å²) < 4.78 is 0. The van der Waals surface area contributed by atoms with E-state index in [0.29, 0.717) is 19.4 Å². The van der Waals surface area contributed by atoms with Crippen molar-refractivity contribution >= 4 is 96.2 Å². The van der Waals surface area contributed by atoms with E-state index in [1.807, 2.05) is 0 Å². The van der Waals surface area contributed by atoms with Crippen molar-refractivity contribution in [1.29, 1.82) is 0 Å². The topological polar surface area (TPSA) is 472 Å². The summed E-state index contributed by atoms with van der Waals surface area (Å²) in [5.74, 6) is -13.2. The van der Waals surface area contributed by atoms with Gasteiger partial charge in [0.05, 0.1) is 18.6 Å². The number of hydrogen-bond acceptors (Lipinski definition) is 17. The van der Waals surface area contributed by atoms with Crippen LogP contribution in [0.15, 0.2) is 0 Å². The molecule has 0 aliphatic rings. The zero-order chi connectivity index (χ0) is 54.7. The molecule has 404 valence electrons. The highest BCUT2D eigenvalue weighted by Crippen LogP contribution is 2.12. The van der Waals surface area contributed by atoms with E-state index in [2.05, 4.69) is 67.8 Å². The van der Waals surface area contributed by atoms with Gasteiger partial charge in [-0.25, -0.2) is 4.79 Å². The molecule has 0 aliphatic heterocycles. The van der Waals surface area contributed by atoms with Crippen LogP contribution in [-0.2, 0) is 57.5 Å². The first-order valence-electron chi connectivity index (χ1n) is 22.9. The SMILES string of the molecule is CC(C)C[C@H](NC(=O)[C@H](CCCCN)NC(=O)[C@@H](N)CS)C(=O)N[C@@H](CCC(N)=O)C(=O)N[C@@H](CC(C)C)C(=O)N[C@H](C(=O)N[C@@H](CC(N)=O)C(=O)N[C@@H](CCC(N)=O)C(=O)N[C@@H](CS)C(=O)O)[C@@H](C)O. The number of nitrogens with one attached hydrogen (secondary N) is 8. The number of aliphatic hydroxyl groups excluding tert-OH is 1. The Hall–Kier alpha value is -5.78. The van der Waals surface area contributed by atoms with E-state index in [-0.39, 0.29) is 49.0 Å². The van der Waals surface area contributed by atoms with Crippen LogP contribution in [0.3, 0.4) is 0 Å². The Bertz CT molecular complexity index is 1860. The average molecular weight is 1050 g/mol. The molecule has 0 bridgehead atoms. The number of carboxylic acid groups (broad SMARTS) is 1. The van der Waals surface area contributed by atoms with E-state index < -0.39 is 157 Å². The van der Waals surface area contributed by atoms with Gasteiger partial charge in [0.15, 0.2) is 0 Å². The van der Waals surface area contributed by atoms with Gasteiger partial charge >= 0.3 is 5.97 Å². The second kappa shape index (κ2) is 33.7. The molecule has 10 atom stereocenters. The van der Waals surface area contributed by atoms with Crippen molar-refractivity contribution in [3.8, 4) is 0 Å². The highest BCUT2D eigenvalue weighted by molar-refractivity contribution is 7.80. The lowest BCUT2D eigenvalue weighted by Crippen LogP contribution is -2.62. The summed E-state index contributed by atoms with van der Waals surface area (Å²) in [6, 6.07) is -13.5. The molecule has 0 saturated heterocycles. The number of thiol groups is 2. The number of hydrogen-bond donors (Lipinski definition) is 17. The lowest BCUT2D eigenvalue weighted by molar-refractivity contribution is -0.142. The van der Waals surface area contributed by atoms with Crippen molar-refractivity contribution in [2.24, 2.45) is 40.5 Å². The molecule has 0 rings (SSSR count). The molecule has 0 radical (unpaired) electrons. The van der Waals surface area contributed by atoms with Gasteiger partial charge in [-0.15, -0.1) is 0 Å². The molecule has 0 aliphatic carbocycles.